The Bertz CT molecular complexity index is 710. The number of thioether (sulfide) groups is 1. The molecule has 1 aromatic heterocycles. The van der Waals surface area contributed by atoms with Gasteiger partial charge in [0.25, 0.3) is 0 Å². The molecule has 1 heterocycles. The van der Waals surface area contributed by atoms with Crippen LogP contribution in [0.15, 0.2) is 23.4 Å². The highest BCUT2D eigenvalue weighted by molar-refractivity contribution is 7.99. The summed E-state index contributed by atoms with van der Waals surface area (Å²) in [5.74, 6) is 1.01. The lowest BCUT2D eigenvalue weighted by Gasteiger charge is -2.12. The molecule has 0 radical (unpaired) electrons. The molecular weight excluding hydrogens is 310 g/mol. The van der Waals surface area contributed by atoms with Gasteiger partial charge in [0.15, 0.2) is 0 Å². The van der Waals surface area contributed by atoms with Crippen molar-refractivity contribution < 1.29 is 4.79 Å². The molecule has 1 aromatic carbocycles. The zero-order valence-electron chi connectivity index (χ0n) is 13.6. The highest BCUT2D eigenvalue weighted by Gasteiger charge is 2.28. The summed E-state index contributed by atoms with van der Waals surface area (Å²) in [4.78, 5) is 12.0. The zero-order valence-corrected chi connectivity index (χ0v) is 14.4. The molecule has 0 unspecified atom stereocenters. The molecule has 2 aromatic rings. The van der Waals surface area contributed by atoms with E-state index in [-0.39, 0.29) is 11.9 Å². The third-order valence-corrected chi connectivity index (χ3v) is 5.21. The number of benzene rings is 1. The molecule has 1 fully saturated rings. The van der Waals surface area contributed by atoms with E-state index in [1.165, 1.54) is 30.2 Å². The van der Waals surface area contributed by atoms with Gasteiger partial charge in [0.1, 0.15) is 0 Å². The molecule has 1 aliphatic carbocycles. The summed E-state index contributed by atoms with van der Waals surface area (Å²) in [6.07, 6.45) is 2.44. The monoisotopic (exact) mass is 331 g/mol. The van der Waals surface area contributed by atoms with Crippen molar-refractivity contribution in [2.24, 2.45) is 5.92 Å². The van der Waals surface area contributed by atoms with Crippen molar-refractivity contribution in [3.63, 3.8) is 0 Å². The van der Waals surface area contributed by atoms with Gasteiger partial charge < -0.3 is 5.32 Å². The Hall–Kier alpha value is -1.89. The summed E-state index contributed by atoms with van der Waals surface area (Å²) in [5.41, 5.74) is 3.27. The number of nitrogens with one attached hydrogen (secondary N) is 1. The Morgan fingerprint density at radius 3 is 2.96 bits per heavy atom. The van der Waals surface area contributed by atoms with Gasteiger partial charge in [-0.2, -0.15) is 4.68 Å². The molecule has 0 bridgehead atoms. The van der Waals surface area contributed by atoms with E-state index in [9.17, 15) is 4.79 Å². The SMILES string of the molecule is Cc1cccc(-n2nnnc2SCC(=O)N[C@H](C)C2CC2)c1C. The minimum absolute atomic E-state index is 0.0323. The molecule has 0 saturated heterocycles. The molecule has 122 valence electrons. The van der Waals surface area contributed by atoms with Crippen molar-refractivity contribution in [3.05, 3.63) is 29.3 Å². The smallest absolute Gasteiger partial charge is 0.230 e. The second-order valence-corrected chi connectivity index (χ2v) is 7.02. The molecule has 1 amide bonds. The summed E-state index contributed by atoms with van der Waals surface area (Å²) in [5, 5.41) is 15.6. The zero-order chi connectivity index (χ0) is 16.4. The van der Waals surface area contributed by atoms with Crippen LogP contribution in [0.5, 0.6) is 0 Å². The minimum atomic E-state index is 0.0323. The quantitative estimate of drug-likeness (QED) is 0.822. The van der Waals surface area contributed by atoms with Crippen LogP contribution in [-0.2, 0) is 4.79 Å². The Morgan fingerprint density at radius 1 is 1.43 bits per heavy atom. The molecule has 23 heavy (non-hydrogen) atoms. The van der Waals surface area contributed by atoms with E-state index < -0.39 is 0 Å². The van der Waals surface area contributed by atoms with E-state index in [4.69, 9.17) is 0 Å². The maximum absolute atomic E-state index is 12.0. The lowest BCUT2D eigenvalue weighted by molar-refractivity contribution is -0.119. The first-order valence-corrected chi connectivity index (χ1v) is 8.82. The van der Waals surface area contributed by atoms with Crippen LogP contribution in [0.4, 0.5) is 0 Å². The molecule has 7 heteroatoms. The summed E-state index contributed by atoms with van der Waals surface area (Å²) in [7, 11) is 0. The average molecular weight is 331 g/mol. The van der Waals surface area contributed by atoms with Gasteiger partial charge in [-0.3, -0.25) is 4.79 Å². The van der Waals surface area contributed by atoms with E-state index >= 15 is 0 Å². The summed E-state index contributed by atoms with van der Waals surface area (Å²) >= 11 is 1.36. The van der Waals surface area contributed by atoms with Crippen molar-refractivity contribution in [1.29, 1.82) is 0 Å². The molecule has 1 aliphatic rings. The Morgan fingerprint density at radius 2 is 2.22 bits per heavy atom. The number of nitrogens with zero attached hydrogens (tertiary/aromatic N) is 4. The van der Waals surface area contributed by atoms with Crippen LogP contribution in [0, 0.1) is 19.8 Å². The van der Waals surface area contributed by atoms with E-state index in [0.717, 1.165) is 11.3 Å². The summed E-state index contributed by atoms with van der Waals surface area (Å²) < 4.78 is 1.70. The van der Waals surface area contributed by atoms with Gasteiger partial charge in [-0.1, -0.05) is 23.9 Å². The van der Waals surface area contributed by atoms with Gasteiger partial charge in [-0.25, -0.2) is 0 Å². The number of hydrogen-bond acceptors (Lipinski definition) is 5. The van der Waals surface area contributed by atoms with Gasteiger partial charge in [-0.05, 0) is 67.2 Å². The third-order valence-electron chi connectivity index (χ3n) is 4.30. The number of amides is 1. The number of rotatable bonds is 6. The topological polar surface area (TPSA) is 72.7 Å². The molecule has 1 atom stereocenters. The van der Waals surface area contributed by atoms with Gasteiger partial charge in [-0.15, -0.1) is 5.10 Å². The van der Waals surface area contributed by atoms with Crippen LogP contribution in [0.25, 0.3) is 5.69 Å². The lowest BCUT2D eigenvalue weighted by atomic mass is 10.1. The van der Waals surface area contributed by atoms with Crippen LogP contribution >= 0.6 is 11.8 Å². The normalized spacial score (nSPS) is 15.4. The molecular formula is C16H21N5OS. The maximum Gasteiger partial charge on any atom is 0.230 e. The number of hydrogen-bond donors (Lipinski definition) is 1. The first kappa shape index (κ1) is 16.0. The largest absolute Gasteiger partial charge is 0.353 e. The first-order chi connectivity index (χ1) is 11.1. The standard InChI is InChI=1S/C16H21N5OS/c1-10-5-4-6-14(11(10)2)21-16(18-19-20-21)23-9-15(22)17-12(3)13-7-8-13/h4-6,12-13H,7-9H2,1-3H3,(H,17,22)/t12-/m1/s1. The molecule has 1 N–H and O–H groups in total. The fourth-order valence-electron chi connectivity index (χ4n) is 2.52. The maximum atomic E-state index is 12.0. The van der Waals surface area contributed by atoms with Gasteiger partial charge in [0, 0.05) is 6.04 Å². The number of tetrazole rings is 1. The van der Waals surface area contributed by atoms with Crippen LogP contribution in [0.1, 0.15) is 30.9 Å². The highest BCUT2D eigenvalue weighted by Crippen LogP contribution is 2.32. The van der Waals surface area contributed by atoms with Gasteiger partial charge in [0.2, 0.25) is 11.1 Å². The van der Waals surface area contributed by atoms with Crippen LogP contribution < -0.4 is 5.32 Å². The van der Waals surface area contributed by atoms with Crippen molar-refractivity contribution in [3.8, 4) is 5.69 Å². The van der Waals surface area contributed by atoms with E-state index in [0.29, 0.717) is 16.8 Å². The lowest BCUT2D eigenvalue weighted by Crippen LogP contribution is -2.35. The van der Waals surface area contributed by atoms with Crippen LogP contribution in [0.2, 0.25) is 0 Å². The molecule has 1 saturated carbocycles. The first-order valence-electron chi connectivity index (χ1n) is 7.83. The van der Waals surface area contributed by atoms with Crippen molar-refractivity contribution in [2.75, 3.05) is 5.75 Å². The highest BCUT2D eigenvalue weighted by atomic mass is 32.2. The van der Waals surface area contributed by atoms with Crippen molar-refractivity contribution in [2.45, 2.75) is 44.8 Å². The number of carbonyl (C=O) groups excluding carboxylic acids is 1. The number of carbonyl (C=O) groups is 1. The number of aryl methyl sites for hydroxylation is 1. The molecule has 3 rings (SSSR count). The fraction of sp³-hybridized carbons (Fsp3) is 0.500. The second kappa shape index (κ2) is 6.70. The molecule has 6 nitrogen and oxygen atoms in total. The van der Waals surface area contributed by atoms with E-state index in [1.807, 2.05) is 19.1 Å². The third kappa shape index (κ3) is 3.72. The van der Waals surface area contributed by atoms with E-state index in [2.05, 4.69) is 40.8 Å². The van der Waals surface area contributed by atoms with Gasteiger partial charge >= 0.3 is 0 Å². The molecule has 0 aliphatic heterocycles. The van der Waals surface area contributed by atoms with Crippen molar-refractivity contribution >= 4 is 17.7 Å². The Kier molecular flexibility index (Phi) is 4.66. The Balaban J connectivity index is 1.66. The van der Waals surface area contributed by atoms with E-state index in [1.54, 1.807) is 4.68 Å². The van der Waals surface area contributed by atoms with Gasteiger partial charge in [0.05, 0.1) is 11.4 Å². The van der Waals surface area contributed by atoms with Crippen molar-refractivity contribution in [1.82, 2.24) is 25.5 Å². The predicted molar refractivity (Wildman–Crippen MR) is 89.7 cm³/mol. The predicted octanol–water partition coefficient (Wildman–Crippen LogP) is 2.29. The molecule has 0 spiro atoms. The second-order valence-electron chi connectivity index (χ2n) is 6.07. The number of aromatic nitrogens is 4. The minimum Gasteiger partial charge on any atom is -0.353 e. The fourth-order valence-corrected chi connectivity index (χ4v) is 3.22. The summed E-state index contributed by atoms with van der Waals surface area (Å²) in [6, 6.07) is 6.29. The van der Waals surface area contributed by atoms with Crippen LogP contribution in [0.3, 0.4) is 0 Å². The summed E-state index contributed by atoms with van der Waals surface area (Å²) in [6.45, 7) is 6.17. The Labute approximate surface area is 140 Å². The average Bonchev–Trinajstić information content (AvgIpc) is 3.27. The van der Waals surface area contributed by atoms with Crippen LogP contribution in [-0.4, -0.2) is 37.9 Å².